The molecule has 0 atom stereocenters. The molecular formula is C17H13N7O3. The van der Waals surface area contributed by atoms with E-state index in [-0.39, 0.29) is 12.5 Å². The van der Waals surface area contributed by atoms with Gasteiger partial charge in [0.1, 0.15) is 12.4 Å². The summed E-state index contributed by atoms with van der Waals surface area (Å²) < 4.78 is 17.7. The summed E-state index contributed by atoms with van der Waals surface area (Å²) in [6, 6.07) is 8.73. The van der Waals surface area contributed by atoms with E-state index in [0.717, 1.165) is 0 Å². The van der Waals surface area contributed by atoms with Gasteiger partial charge < -0.3 is 14.0 Å². The molecule has 0 radical (unpaired) electrons. The third kappa shape index (κ3) is 3.13. The highest BCUT2D eigenvalue weighted by Crippen LogP contribution is 2.28. The molecule has 0 fully saturated rings. The smallest absolute Gasteiger partial charge is 0.275 e. The van der Waals surface area contributed by atoms with E-state index in [9.17, 15) is 0 Å². The molecule has 4 aromatic heterocycles. The number of fused-ring (bicyclic) bond motifs is 1. The summed E-state index contributed by atoms with van der Waals surface area (Å²) in [5, 5.41) is 25.5. The average molecular weight is 363 g/mol. The molecule has 4 aromatic rings. The summed E-state index contributed by atoms with van der Waals surface area (Å²) in [7, 11) is 1.51. The number of aromatic nitrogens is 6. The van der Waals surface area contributed by atoms with Crippen molar-refractivity contribution >= 4 is 5.65 Å². The van der Waals surface area contributed by atoms with Gasteiger partial charge in [-0.15, -0.1) is 15.3 Å². The number of nitrogens with zero attached hydrogens (tertiary/aromatic N) is 7. The monoisotopic (exact) mass is 363 g/mol. The van der Waals surface area contributed by atoms with E-state index in [4.69, 9.17) is 19.3 Å². The minimum absolute atomic E-state index is 0.116. The summed E-state index contributed by atoms with van der Waals surface area (Å²) in [5.74, 6) is 1.69. The molecule has 27 heavy (non-hydrogen) atoms. The number of hydrogen-bond donors (Lipinski definition) is 0. The number of methoxy groups -OCH3 is 1. The van der Waals surface area contributed by atoms with Crippen LogP contribution in [-0.4, -0.2) is 37.1 Å². The lowest BCUT2D eigenvalue weighted by Gasteiger charge is -2.09. The van der Waals surface area contributed by atoms with Crippen molar-refractivity contribution in [2.45, 2.75) is 13.5 Å². The van der Waals surface area contributed by atoms with Gasteiger partial charge in [-0.2, -0.15) is 9.78 Å². The summed E-state index contributed by atoms with van der Waals surface area (Å²) in [6.07, 6.45) is 1.55. The second-order valence-corrected chi connectivity index (χ2v) is 5.57. The zero-order valence-electron chi connectivity index (χ0n) is 14.4. The summed E-state index contributed by atoms with van der Waals surface area (Å²) >= 11 is 0. The van der Waals surface area contributed by atoms with Gasteiger partial charge in [-0.1, -0.05) is 5.16 Å². The lowest BCUT2D eigenvalue weighted by atomic mass is 10.2. The van der Waals surface area contributed by atoms with Gasteiger partial charge in [0.2, 0.25) is 5.82 Å². The Morgan fingerprint density at radius 2 is 2.15 bits per heavy atom. The van der Waals surface area contributed by atoms with Gasteiger partial charge in [0, 0.05) is 18.3 Å². The maximum Gasteiger partial charge on any atom is 0.275 e. The fourth-order valence-electron chi connectivity index (χ4n) is 2.45. The number of pyridine rings is 1. The molecule has 0 amide bonds. The second-order valence-electron chi connectivity index (χ2n) is 5.57. The van der Waals surface area contributed by atoms with Gasteiger partial charge in [0.25, 0.3) is 5.88 Å². The molecule has 0 aromatic carbocycles. The number of hydrogen-bond acceptors (Lipinski definition) is 9. The first kappa shape index (κ1) is 16.5. The third-order valence-electron chi connectivity index (χ3n) is 3.71. The SMILES string of the molecule is COc1cc2nnc(-c3cc(C)on3)n2nc1OCc1cc(C#N)ccn1. The first-order chi connectivity index (χ1) is 13.2. The largest absolute Gasteiger partial charge is 0.491 e. The van der Waals surface area contributed by atoms with Crippen molar-refractivity contribution in [3.63, 3.8) is 0 Å². The lowest BCUT2D eigenvalue weighted by Crippen LogP contribution is -2.05. The van der Waals surface area contributed by atoms with Crippen LogP contribution in [0.4, 0.5) is 0 Å². The van der Waals surface area contributed by atoms with Gasteiger partial charge in [0.05, 0.1) is 24.4 Å². The molecule has 10 nitrogen and oxygen atoms in total. The minimum atomic E-state index is 0.116. The van der Waals surface area contributed by atoms with Crippen molar-refractivity contribution in [2.24, 2.45) is 0 Å². The van der Waals surface area contributed by atoms with Crippen LogP contribution in [-0.2, 0) is 6.61 Å². The van der Waals surface area contributed by atoms with E-state index in [1.807, 2.05) is 0 Å². The Morgan fingerprint density at radius 1 is 1.26 bits per heavy atom. The predicted octanol–water partition coefficient (Wildman–Crippen LogP) is 1.94. The van der Waals surface area contributed by atoms with Gasteiger partial charge in [-0.05, 0) is 19.1 Å². The number of ether oxygens (including phenoxy) is 2. The van der Waals surface area contributed by atoms with Crippen molar-refractivity contribution < 1.29 is 14.0 Å². The van der Waals surface area contributed by atoms with E-state index in [1.54, 1.807) is 37.4 Å². The van der Waals surface area contributed by atoms with Gasteiger partial charge in [-0.25, -0.2) is 0 Å². The standard InChI is InChI=1S/C17H13N7O3/c1-10-5-13(23-27-10)16-21-20-15-7-14(25-2)17(22-24(15)16)26-9-12-6-11(8-18)3-4-19-12/h3-7H,9H2,1-2H3. The van der Waals surface area contributed by atoms with Crippen LogP contribution in [0.25, 0.3) is 17.2 Å². The average Bonchev–Trinajstić information content (AvgIpc) is 3.31. The van der Waals surface area contributed by atoms with Gasteiger partial charge in [-0.3, -0.25) is 4.98 Å². The van der Waals surface area contributed by atoms with Crippen LogP contribution < -0.4 is 9.47 Å². The number of aryl methyl sites for hydroxylation is 1. The molecule has 0 N–H and O–H groups in total. The second kappa shape index (κ2) is 6.72. The maximum absolute atomic E-state index is 8.98. The molecule has 0 aliphatic carbocycles. The van der Waals surface area contributed by atoms with Crippen LogP contribution in [0.5, 0.6) is 11.6 Å². The van der Waals surface area contributed by atoms with E-state index < -0.39 is 0 Å². The Morgan fingerprint density at radius 3 is 2.89 bits per heavy atom. The zero-order valence-corrected chi connectivity index (χ0v) is 14.4. The molecule has 0 aliphatic heterocycles. The molecule has 0 spiro atoms. The van der Waals surface area contributed by atoms with E-state index >= 15 is 0 Å². The van der Waals surface area contributed by atoms with Crippen LogP contribution in [0.3, 0.4) is 0 Å². The Bertz CT molecular complexity index is 1160. The van der Waals surface area contributed by atoms with Crippen LogP contribution in [0.1, 0.15) is 17.0 Å². The Kier molecular flexibility index (Phi) is 4.10. The molecule has 0 saturated heterocycles. The van der Waals surface area contributed by atoms with Crippen molar-refractivity contribution in [3.05, 3.63) is 47.5 Å². The Hall–Kier alpha value is -4.00. The van der Waals surface area contributed by atoms with E-state index in [2.05, 4.69) is 31.5 Å². The molecule has 0 aliphatic rings. The molecule has 10 heteroatoms. The number of nitriles is 1. The normalized spacial score (nSPS) is 10.7. The molecule has 0 unspecified atom stereocenters. The molecule has 134 valence electrons. The van der Waals surface area contributed by atoms with Crippen molar-refractivity contribution in [3.8, 4) is 29.2 Å². The van der Waals surface area contributed by atoms with Crippen molar-refractivity contribution in [2.75, 3.05) is 7.11 Å². The van der Waals surface area contributed by atoms with Crippen LogP contribution in [0, 0.1) is 18.3 Å². The fourth-order valence-corrected chi connectivity index (χ4v) is 2.45. The van der Waals surface area contributed by atoms with Gasteiger partial charge >= 0.3 is 0 Å². The van der Waals surface area contributed by atoms with Crippen LogP contribution in [0.15, 0.2) is 35.0 Å². The molecule has 4 rings (SSSR count). The topological polar surface area (TPSA) is 124 Å². The van der Waals surface area contributed by atoms with Crippen molar-refractivity contribution in [1.29, 1.82) is 5.26 Å². The molecule has 0 saturated carbocycles. The highest BCUT2D eigenvalue weighted by molar-refractivity contribution is 5.56. The maximum atomic E-state index is 8.98. The lowest BCUT2D eigenvalue weighted by molar-refractivity contribution is 0.264. The van der Waals surface area contributed by atoms with Crippen molar-refractivity contribution in [1.82, 2.24) is 30.0 Å². The van der Waals surface area contributed by atoms with Crippen LogP contribution >= 0.6 is 0 Å². The first-order valence-corrected chi connectivity index (χ1v) is 7.90. The summed E-state index contributed by atoms with van der Waals surface area (Å²) in [4.78, 5) is 4.18. The fraction of sp³-hybridized carbons (Fsp3) is 0.176. The highest BCUT2D eigenvalue weighted by atomic mass is 16.5. The molecule has 4 heterocycles. The van der Waals surface area contributed by atoms with Gasteiger partial charge in [0.15, 0.2) is 17.1 Å². The van der Waals surface area contributed by atoms with E-state index in [0.29, 0.717) is 39.9 Å². The predicted molar refractivity (Wildman–Crippen MR) is 90.9 cm³/mol. The Labute approximate surface area is 153 Å². The first-order valence-electron chi connectivity index (χ1n) is 7.90. The zero-order chi connectivity index (χ0) is 18.8. The third-order valence-corrected chi connectivity index (χ3v) is 3.71. The summed E-state index contributed by atoms with van der Waals surface area (Å²) in [6.45, 7) is 1.90. The van der Waals surface area contributed by atoms with Crippen LogP contribution in [0.2, 0.25) is 0 Å². The molecular weight excluding hydrogens is 350 g/mol. The Balaban J connectivity index is 1.69. The highest BCUT2D eigenvalue weighted by Gasteiger charge is 2.17. The van der Waals surface area contributed by atoms with E-state index in [1.165, 1.54) is 11.6 Å². The summed E-state index contributed by atoms with van der Waals surface area (Å²) in [5.41, 5.74) is 2.07. The quantitative estimate of drug-likeness (QED) is 0.523. The minimum Gasteiger partial charge on any atom is -0.491 e. The number of rotatable bonds is 5. The molecule has 0 bridgehead atoms.